The van der Waals surface area contributed by atoms with Gasteiger partial charge in [0, 0.05) is 17.0 Å². The van der Waals surface area contributed by atoms with Gasteiger partial charge >= 0.3 is 0 Å². The van der Waals surface area contributed by atoms with E-state index in [9.17, 15) is 17.6 Å². The quantitative estimate of drug-likeness (QED) is 0.508. The molecule has 0 bridgehead atoms. The average molecular weight is 464 g/mol. The zero-order chi connectivity index (χ0) is 22.6. The molecule has 0 radical (unpaired) electrons. The second kappa shape index (κ2) is 9.49. The van der Waals surface area contributed by atoms with Crippen molar-refractivity contribution in [1.29, 1.82) is 0 Å². The molecule has 1 unspecified atom stereocenters. The molecule has 9 heteroatoms. The minimum Gasteiger partial charge on any atom is -0.493 e. The molecule has 1 aromatic heterocycles. The van der Waals surface area contributed by atoms with Crippen molar-refractivity contribution in [2.24, 2.45) is 0 Å². The van der Waals surface area contributed by atoms with Crippen LogP contribution in [0.15, 0.2) is 58.8 Å². The third-order valence-corrected chi connectivity index (χ3v) is 8.00. The van der Waals surface area contributed by atoms with Gasteiger partial charge in [0.1, 0.15) is 11.1 Å². The molecule has 1 amide bonds. The van der Waals surface area contributed by atoms with E-state index in [-0.39, 0.29) is 17.0 Å². The molecule has 0 aliphatic carbocycles. The Kier molecular flexibility index (Phi) is 6.97. The number of hydrogen-bond donors (Lipinski definition) is 1. The van der Waals surface area contributed by atoms with Gasteiger partial charge < -0.3 is 14.8 Å². The van der Waals surface area contributed by atoms with Crippen molar-refractivity contribution in [2.75, 3.05) is 20.8 Å². The van der Waals surface area contributed by atoms with E-state index >= 15 is 0 Å². The predicted molar refractivity (Wildman–Crippen MR) is 117 cm³/mol. The molecule has 3 aromatic rings. The molecule has 0 saturated carbocycles. The van der Waals surface area contributed by atoms with Crippen molar-refractivity contribution < 1.29 is 27.1 Å². The SMILES string of the molecule is COc1ccc(C(=O)NCC(c2cccs2)S(=O)(=O)c2ccc(F)c(C)c2)cc1OC. The number of carbonyl (C=O) groups excluding carboxylic acids is 1. The van der Waals surface area contributed by atoms with Gasteiger partial charge in [0.25, 0.3) is 5.91 Å². The Labute approximate surface area is 184 Å². The van der Waals surface area contributed by atoms with Crippen LogP contribution in [0.1, 0.15) is 26.0 Å². The fourth-order valence-electron chi connectivity index (χ4n) is 3.06. The summed E-state index contributed by atoms with van der Waals surface area (Å²) >= 11 is 1.28. The number of thiophene rings is 1. The summed E-state index contributed by atoms with van der Waals surface area (Å²) in [5, 5.41) is 3.45. The second-order valence-electron chi connectivity index (χ2n) is 6.74. The van der Waals surface area contributed by atoms with Crippen molar-refractivity contribution in [2.45, 2.75) is 17.1 Å². The summed E-state index contributed by atoms with van der Waals surface area (Å²) in [6.07, 6.45) is 0. The lowest BCUT2D eigenvalue weighted by molar-refractivity contribution is 0.0953. The van der Waals surface area contributed by atoms with Crippen LogP contribution in [0.5, 0.6) is 11.5 Å². The second-order valence-corrected chi connectivity index (χ2v) is 9.85. The molecule has 1 N–H and O–H groups in total. The zero-order valence-electron chi connectivity index (χ0n) is 17.2. The highest BCUT2D eigenvalue weighted by Gasteiger charge is 2.31. The Hall–Kier alpha value is -2.91. The van der Waals surface area contributed by atoms with E-state index in [1.165, 1.54) is 50.7 Å². The van der Waals surface area contributed by atoms with Crippen LogP contribution in [0.2, 0.25) is 0 Å². The maximum atomic E-state index is 13.6. The van der Waals surface area contributed by atoms with E-state index in [0.29, 0.717) is 21.9 Å². The number of methoxy groups -OCH3 is 2. The average Bonchev–Trinajstić information content (AvgIpc) is 3.29. The number of rotatable bonds is 8. The molecule has 31 heavy (non-hydrogen) atoms. The zero-order valence-corrected chi connectivity index (χ0v) is 18.8. The van der Waals surface area contributed by atoms with Gasteiger partial charge in [0.05, 0.1) is 19.1 Å². The molecule has 0 saturated heterocycles. The first kappa shape index (κ1) is 22.8. The molecule has 2 aromatic carbocycles. The fourth-order valence-corrected chi connectivity index (χ4v) is 5.93. The van der Waals surface area contributed by atoms with Gasteiger partial charge in [-0.2, -0.15) is 0 Å². The maximum Gasteiger partial charge on any atom is 0.251 e. The van der Waals surface area contributed by atoms with Crippen LogP contribution in [-0.4, -0.2) is 35.1 Å². The first-order valence-electron chi connectivity index (χ1n) is 9.31. The minimum atomic E-state index is -3.88. The van der Waals surface area contributed by atoms with Crippen LogP contribution in [-0.2, 0) is 9.84 Å². The summed E-state index contributed by atoms with van der Waals surface area (Å²) in [7, 11) is -0.927. The lowest BCUT2D eigenvalue weighted by Crippen LogP contribution is -2.31. The maximum absolute atomic E-state index is 13.6. The minimum absolute atomic E-state index is 0.00478. The van der Waals surface area contributed by atoms with E-state index in [1.807, 2.05) is 0 Å². The fraction of sp³-hybridized carbons (Fsp3) is 0.227. The van der Waals surface area contributed by atoms with Crippen LogP contribution in [0.25, 0.3) is 0 Å². The van der Waals surface area contributed by atoms with Crippen LogP contribution in [0, 0.1) is 12.7 Å². The summed E-state index contributed by atoms with van der Waals surface area (Å²) in [6.45, 7) is 1.36. The number of carbonyl (C=O) groups is 1. The number of nitrogens with one attached hydrogen (secondary N) is 1. The summed E-state index contributed by atoms with van der Waals surface area (Å²) in [6, 6.07) is 11.8. The molecule has 0 aliphatic rings. The van der Waals surface area contributed by atoms with Crippen molar-refractivity contribution in [3.05, 3.63) is 75.7 Å². The Morgan fingerprint density at radius 2 is 1.84 bits per heavy atom. The van der Waals surface area contributed by atoms with Crippen molar-refractivity contribution >= 4 is 27.1 Å². The van der Waals surface area contributed by atoms with E-state index in [2.05, 4.69) is 5.32 Å². The van der Waals surface area contributed by atoms with E-state index in [1.54, 1.807) is 29.6 Å². The first-order valence-corrected chi connectivity index (χ1v) is 11.7. The summed E-state index contributed by atoms with van der Waals surface area (Å²) in [4.78, 5) is 13.3. The van der Waals surface area contributed by atoms with E-state index < -0.39 is 26.8 Å². The van der Waals surface area contributed by atoms with Crippen molar-refractivity contribution in [1.82, 2.24) is 5.32 Å². The third-order valence-electron chi connectivity index (χ3n) is 4.79. The molecule has 164 valence electrons. The normalized spacial score (nSPS) is 12.3. The van der Waals surface area contributed by atoms with Gasteiger partial charge in [-0.1, -0.05) is 6.07 Å². The van der Waals surface area contributed by atoms with Gasteiger partial charge in [-0.3, -0.25) is 4.79 Å². The molecule has 0 fully saturated rings. The van der Waals surface area contributed by atoms with Gasteiger partial charge in [0.2, 0.25) is 0 Å². The molecule has 1 atom stereocenters. The number of halogens is 1. The summed E-state index contributed by atoms with van der Waals surface area (Å²) in [5.74, 6) is -0.0643. The Balaban J connectivity index is 1.87. The highest BCUT2D eigenvalue weighted by atomic mass is 32.2. The van der Waals surface area contributed by atoms with Crippen molar-refractivity contribution in [3.8, 4) is 11.5 Å². The van der Waals surface area contributed by atoms with Gasteiger partial charge in [-0.15, -0.1) is 11.3 Å². The first-order chi connectivity index (χ1) is 14.8. The lowest BCUT2D eigenvalue weighted by atomic mass is 10.2. The Morgan fingerprint density at radius 3 is 2.45 bits per heavy atom. The standard InChI is InChI=1S/C22H22FNO5S2/c1-14-11-16(7-8-17(14)23)31(26,27)21(20-5-4-10-30-20)13-24-22(25)15-6-9-18(28-2)19(12-15)29-3/h4-12,21H,13H2,1-3H3,(H,24,25). The molecular formula is C22H22FNO5S2. The number of benzene rings is 2. The van der Waals surface area contributed by atoms with Gasteiger partial charge in [-0.25, -0.2) is 12.8 Å². The number of amides is 1. The molecular weight excluding hydrogens is 441 g/mol. The smallest absolute Gasteiger partial charge is 0.251 e. The van der Waals surface area contributed by atoms with Crippen molar-refractivity contribution in [3.63, 3.8) is 0 Å². The largest absolute Gasteiger partial charge is 0.493 e. The predicted octanol–water partition coefficient (Wildman–Crippen LogP) is 4.16. The monoisotopic (exact) mass is 463 g/mol. The number of sulfone groups is 1. The topological polar surface area (TPSA) is 81.7 Å². The number of aryl methyl sites for hydroxylation is 1. The van der Waals surface area contributed by atoms with Crippen LogP contribution in [0.3, 0.4) is 0 Å². The van der Waals surface area contributed by atoms with E-state index in [4.69, 9.17) is 9.47 Å². The van der Waals surface area contributed by atoms with E-state index in [0.717, 1.165) is 6.07 Å². The van der Waals surface area contributed by atoms with Crippen LogP contribution < -0.4 is 14.8 Å². The molecule has 3 rings (SSSR count). The summed E-state index contributed by atoms with van der Waals surface area (Å²) in [5.41, 5.74) is 0.540. The summed E-state index contributed by atoms with van der Waals surface area (Å²) < 4.78 is 50.7. The number of ether oxygens (including phenoxy) is 2. The molecule has 0 aliphatic heterocycles. The third kappa shape index (κ3) is 4.88. The molecule has 6 nitrogen and oxygen atoms in total. The Bertz CT molecular complexity index is 1180. The van der Waals surface area contributed by atoms with Crippen LogP contribution in [0.4, 0.5) is 4.39 Å². The molecule has 0 spiro atoms. The number of hydrogen-bond acceptors (Lipinski definition) is 6. The van der Waals surface area contributed by atoms with Gasteiger partial charge in [0.15, 0.2) is 21.3 Å². The Morgan fingerprint density at radius 1 is 1.10 bits per heavy atom. The van der Waals surface area contributed by atoms with Crippen LogP contribution >= 0.6 is 11.3 Å². The van der Waals surface area contributed by atoms with Gasteiger partial charge in [-0.05, 0) is 60.3 Å². The highest BCUT2D eigenvalue weighted by molar-refractivity contribution is 7.91. The lowest BCUT2D eigenvalue weighted by Gasteiger charge is -2.18. The molecule has 1 heterocycles. The highest BCUT2D eigenvalue weighted by Crippen LogP contribution is 2.32.